The SMILES string of the molecule is C#Cc1ccc(-c2cnc(C3C(=C)C4C(C)C4N3C(=O)OC(C)(C)C)[nH]2)cc1. The van der Waals surface area contributed by atoms with Crippen LogP contribution in [-0.2, 0) is 4.74 Å². The van der Waals surface area contributed by atoms with Gasteiger partial charge in [0, 0.05) is 17.5 Å². The smallest absolute Gasteiger partial charge is 0.411 e. The van der Waals surface area contributed by atoms with Gasteiger partial charge in [0.15, 0.2) is 0 Å². The molecule has 5 nitrogen and oxygen atoms in total. The van der Waals surface area contributed by atoms with Gasteiger partial charge in [0.25, 0.3) is 0 Å². The van der Waals surface area contributed by atoms with Crippen LogP contribution in [0.5, 0.6) is 0 Å². The molecule has 0 radical (unpaired) electrons. The lowest BCUT2D eigenvalue weighted by atomic mass is 10.0. The molecule has 1 amide bonds. The summed E-state index contributed by atoms with van der Waals surface area (Å²) in [6.07, 6.45) is 6.90. The maximum absolute atomic E-state index is 12.9. The van der Waals surface area contributed by atoms with E-state index in [4.69, 9.17) is 11.2 Å². The summed E-state index contributed by atoms with van der Waals surface area (Å²) in [7, 11) is 0. The second-order valence-corrected chi connectivity index (χ2v) is 8.64. The van der Waals surface area contributed by atoms with Crippen LogP contribution in [0.15, 0.2) is 42.6 Å². The van der Waals surface area contributed by atoms with Crippen molar-refractivity contribution >= 4 is 6.09 Å². The fraction of sp³-hybridized carbons (Fsp3) is 0.391. The predicted molar refractivity (Wildman–Crippen MR) is 108 cm³/mol. The molecule has 144 valence electrons. The first-order valence-electron chi connectivity index (χ1n) is 9.53. The number of likely N-dealkylation sites (tertiary alicyclic amines) is 1. The summed E-state index contributed by atoms with van der Waals surface area (Å²) in [5.74, 6) is 4.04. The molecule has 1 aromatic heterocycles. The highest BCUT2D eigenvalue weighted by Gasteiger charge is 2.64. The number of terminal acetylenes is 1. The Kier molecular flexibility index (Phi) is 4.11. The summed E-state index contributed by atoms with van der Waals surface area (Å²) in [6.45, 7) is 12.1. The van der Waals surface area contributed by atoms with Gasteiger partial charge >= 0.3 is 6.09 Å². The first-order chi connectivity index (χ1) is 13.2. The average Bonchev–Trinajstić information content (AvgIpc) is 2.97. The van der Waals surface area contributed by atoms with Crippen LogP contribution < -0.4 is 0 Å². The van der Waals surface area contributed by atoms with Crippen LogP contribution in [0.4, 0.5) is 4.79 Å². The number of rotatable bonds is 2. The van der Waals surface area contributed by atoms with E-state index in [0.29, 0.717) is 17.7 Å². The summed E-state index contributed by atoms with van der Waals surface area (Å²) in [4.78, 5) is 22.7. The number of imidazole rings is 1. The van der Waals surface area contributed by atoms with E-state index < -0.39 is 5.60 Å². The lowest BCUT2D eigenvalue weighted by Crippen LogP contribution is -2.39. The van der Waals surface area contributed by atoms with E-state index in [1.165, 1.54) is 0 Å². The van der Waals surface area contributed by atoms with Crippen LogP contribution in [0.2, 0.25) is 0 Å². The first-order valence-corrected chi connectivity index (χ1v) is 9.53. The molecule has 4 unspecified atom stereocenters. The van der Waals surface area contributed by atoms with Gasteiger partial charge in [-0.15, -0.1) is 6.42 Å². The van der Waals surface area contributed by atoms with Crippen molar-refractivity contribution in [2.24, 2.45) is 11.8 Å². The van der Waals surface area contributed by atoms with E-state index in [2.05, 4.69) is 29.4 Å². The van der Waals surface area contributed by atoms with Crippen LogP contribution in [0.1, 0.15) is 45.1 Å². The van der Waals surface area contributed by atoms with E-state index in [1.807, 2.05) is 49.9 Å². The summed E-state index contributed by atoms with van der Waals surface area (Å²) in [5.41, 5.74) is 3.17. The Labute approximate surface area is 165 Å². The number of hydrogen-bond donors (Lipinski definition) is 1. The van der Waals surface area contributed by atoms with Crippen molar-refractivity contribution in [3.8, 4) is 23.6 Å². The zero-order valence-corrected chi connectivity index (χ0v) is 16.7. The van der Waals surface area contributed by atoms with Gasteiger partial charge in [0.2, 0.25) is 0 Å². The average molecular weight is 375 g/mol. The molecule has 2 aliphatic rings. The van der Waals surface area contributed by atoms with Crippen LogP contribution >= 0.6 is 0 Å². The summed E-state index contributed by atoms with van der Waals surface area (Å²) in [6, 6.07) is 7.56. The summed E-state index contributed by atoms with van der Waals surface area (Å²) < 4.78 is 5.67. The maximum Gasteiger partial charge on any atom is 0.411 e. The third-order valence-electron chi connectivity index (χ3n) is 5.53. The van der Waals surface area contributed by atoms with Gasteiger partial charge in [-0.1, -0.05) is 31.6 Å². The fourth-order valence-electron chi connectivity index (χ4n) is 4.18. The molecule has 0 bridgehead atoms. The molecule has 1 N–H and O–H groups in total. The minimum atomic E-state index is -0.549. The normalized spacial score (nSPS) is 26.0. The van der Waals surface area contributed by atoms with Gasteiger partial charge < -0.3 is 9.72 Å². The Bertz CT molecular complexity index is 975. The summed E-state index contributed by atoms with van der Waals surface area (Å²) in [5, 5.41) is 0. The number of hydrogen-bond acceptors (Lipinski definition) is 3. The zero-order valence-electron chi connectivity index (χ0n) is 16.7. The number of ether oxygens (including phenoxy) is 1. The monoisotopic (exact) mass is 375 g/mol. The molecule has 1 aliphatic carbocycles. The number of aromatic amines is 1. The molecule has 28 heavy (non-hydrogen) atoms. The highest BCUT2D eigenvalue weighted by atomic mass is 16.6. The summed E-state index contributed by atoms with van der Waals surface area (Å²) >= 11 is 0. The van der Waals surface area contributed by atoms with Crippen LogP contribution in [0.3, 0.4) is 0 Å². The third kappa shape index (κ3) is 2.99. The van der Waals surface area contributed by atoms with Crippen LogP contribution in [0.25, 0.3) is 11.3 Å². The highest BCUT2D eigenvalue weighted by molar-refractivity contribution is 5.72. The molecule has 2 fully saturated rings. The van der Waals surface area contributed by atoms with Crippen LogP contribution in [-0.4, -0.2) is 32.6 Å². The number of aromatic nitrogens is 2. The molecule has 1 saturated carbocycles. The number of nitrogens with one attached hydrogen (secondary N) is 1. The Hall–Kier alpha value is -3.00. The molecule has 2 heterocycles. The number of H-pyrrole nitrogens is 1. The molecule has 0 spiro atoms. The van der Waals surface area contributed by atoms with Crippen molar-refractivity contribution in [1.29, 1.82) is 0 Å². The van der Waals surface area contributed by atoms with E-state index in [9.17, 15) is 4.79 Å². The Balaban J connectivity index is 1.63. The van der Waals surface area contributed by atoms with Gasteiger partial charge in [-0.2, -0.15) is 0 Å². The highest BCUT2D eigenvalue weighted by Crippen LogP contribution is 2.60. The molecule has 1 saturated heterocycles. The van der Waals surface area contributed by atoms with E-state index in [-0.39, 0.29) is 18.2 Å². The van der Waals surface area contributed by atoms with Crippen molar-refractivity contribution in [2.75, 3.05) is 0 Å². The van der Waals surface area contributed by atoms with Crippen LogP contribution in [0, 0.1) is 24.2 Å². The van der Waals surface area contributed by atoms with Crippen molar-refractivity contribution < 1.29 is 9.53 Å². The topological polar surface area (TPSA) is 58.2 Å². The van der Waals surface area contributed by atoms with Crippen molar-refractivity contribution in [3.63, 3.8) is 0 Å². The quantitative estimate of drug-likeness (QED) is 0.619. The maximum atomic E-state index is 12.9. The number of piperidine rings is 1. The number of carbonyl (C=O) groups excluding carboxylic acids is 1. The van der Waals surface area contributed by atoms with E-state index in [0.717, 1.165) is 22.4 Å². The number of nitrogens with zero attached hydrogens (tertiary/aromatic N) is 2. The van der Waals surface area contributed by atoms with Crippen molar-refractivity contribution in [2.45, 2.75) is 45.4 Å². The lowest BCUT2D eigenvalue weighted by molar-refractivity contribution is 0.0182. The third-order valence-corrected chi connectivity index (χ3v) is 5.53. The number of carbonyl (C=O) groups is 1. The second kappa shape index (κ2) is 6.27. The largest absolute Gasteiger partial charge is 0.444 e. The molecular weight excluding hydrogens is 350 g/mol. The van der Waals surface area contributed by atoms with Gasteiger partial charge in [0.05, 0.1) is 11.9 Å². The van der Waals surface area contributed by atoms with Gasteiger partial charge in [0.1, 0.15) is 17.5 Å². The van der Waals surface area contributed by atoms with Crippen molar-refractivity contribution in [1.82, 2.24) is 14.9 Å². The fourth-order valence-corrected chi connectivity index (χ4v) is 4.18. The Morgan fingerprint density at radius 1 is 1.32 bits per heavy atom. The van der Waals surface area contributed by atoms with Gasteiger partial charge in [-0.3, -0.25) is 4.90 Å². The molecular formula is C23H25N3O2. The minimum absolute atomic E-state index is 0.135. The predicted octanol–water partition coefficient (Wildman–Crippen LogP) is 4.54. The second-order valence-electron chi connectivity index (χ2n) is 8.64. The molecule has 1 aliphatic heterocycles. The Morgan fingerprint density at radius 2 is 2.00 bits per heavy atom. The first kappa shape index (κ1) is 18.4. The van der Waals surface area contributed by atoms with Crippen molar-refractivity contribution in [3.05, 3.63) is 54.0 Å². The lowest BCUT2D eigenvalue weighted by Gasteiger charge is -2.30. The van der Waals surface area contributed by atoms with E-state index >= 15 is 0 Å². The number of fused-ring (bicyclic) bond motifs is 1. The molecule has 1 aromatic carbocycles. The molecule has 2 aromatic rings. The minimum Gasteiger partial charge on any atom is -0.444 e. The molecule has 4 atom stereocenters. The molecule has 5 heteroatoms. The number of benzene rings is 1. The Morgan fingerprint density at radius 3 is 2.61 bits per heavy atom. The molecule has 4 rings (SSSR count). The zero-order chi connectivity index (χ0) is 20.2. The van der Waals surface area contributed by atoms with Gasteiger partial charge in [-0.05, 0) is 50.0 Å². The number of amides is 1. The van der Waals surface area contributed by atoms with E-state index in [1.54, 1.807) is 6.20 Å². The van der Waals surface area contributed by atoms with Gasteiger partial charge in [-0.25, -0.2) is 9.78 Å². The standard InChI is InChI=1S/C23H25N3O2/c1-7-15-8-10-16(11-9-15)17-12-24-21(25-17)20-14(3)18-13(2)19(18)26(20)22(27)28-23(4,5)6/h1,8-13,18-20H,3H2,2,4-6H3,(H,24,25).